The van der Waals surface area contributed by atoms with Crippen molar-refractivity contribution in [1.29, 1.82) is 5.41 Å². The third-order valence-corrected chi connectivity index (χ3v) is 2.63. The maximum Gasteiger partial charge on any atom is 0.250 e. The van der Waals surface area contributed by atoms with Gasteiger partial charge in [-0.3, -0.25) is 15.5 Å². The van der Waals surface area contributed by atoms with Crippen LogP contribution in [0.5, 0.6) is 0 Å². The Bertz CT molecular complexity index is 470. The van der Waals surface area contributed by atoms with Crippen molar-refractivity contribution in [2.75, 3.05) is 14.1 Å². The van der Waals surface area contributed by atoms with E-state index in [0.717, 1.165) is 16.7 Å². The van der Waals surface area contributed by atoms with Gasteiger partial charge >= 0.3 is 0 Å². The zero-order valence-electron chi connectivity index (χ0n) is 11.2. The van der Waals surface area contributed by atoms with Crippen molar-refractivity contribution in [1.82, 2.24) is 10.2 Å². The molecule has 0 saturated carbocycles. The molecule has 0 fully saturated rings. The number of aryl methyl sites for hydroxylation is 2. The van der Waals surface area contributed by atoms with Crippen LogP contribution in [0.1, 0.15) is 16.7 Å². The molecule has 0 atom stereocenters. The molecule has 18 heavy (non-hydrogen) atoms. The molecule has 96 valence electrons. The fourth-order valence-corrected chi connectivity index (χ4v) is 1.52. The van der Waals surface area contributed by atoms with E-state index in [4.69, 9.17) is 5.41 Å². The third-order valence-electron chi connectivity index (χ3n) is 2.63. The van der Waals surface area contributed by atoms with E-state index in [2.05, 4.69) is 5.32 Å². The van der Waals surface area contributed by atoms with Crippen LogP contribution in [0.4, 0.5) is 0 Å². The van der Waals surface area contributed by atoms with E-state index in [1.54, 1.807) is 20.2 Å². The molecule has 0 bridgehead atoms. The Morgan fingerprint density at radius 1 is 1.28 bits per heavy atom. The average Bonchev–Trinajstić information content (AvgIpc) is 2.28. The van der Waals surface area contributed by atoms with Gasteiger partial charge in [0.15, 0.2) is 5.96 Å². The molecule has 2 N–H and O–H groups in total. The molecule has 0 aliphatic carbocycles. The number of hydrogen-bond acceptors (Lipinski definition) is 2. The number of nitrogens with one attached hydrogen (secondary N) is 2. The molecule has 0 saturated heterocycles. The summed E-state index contributed by atoms with van der Waals surface area (Å²) < 4.78 is 0. The number of amides is 1. The number of rotatable bonds is 2. The molecule has 1 rings (SSSR count). The van der Waals surface area contributed by atoms with Gasteiger partial charge in [0.1, 0.15) is 0 Å². The number of guanidine groups is 1. The summed E-state index contributed by atoms with van der Waals surface area (Å²) in [5.41, 5.74) is 3.30. The number of nitrogens with zero attached hydrogens (tertiary/aromatic N) is 1. The van der Waals surface area contributed by atoms with Gasteiger partial charge in [0.05, 0.1) is 0 Å². The zero-order chi connectivity index (χ0) is 13.7. The number of benzene rings is 1. The standard InChI is InChI=1S/C14H19N3O/c1-10-6-5-7-11(2)12(10)8-9-13(18)16-14(15)17(3)4/h5-9H,1-4H3,(H2,15,16,18). The molecule has 1 amide bonds. The summed E-state index contributed by atoms with van der Waals surface area (Å²) in [6, 6.07) is 6.00. The lowest BCUT2D eigenvalue weighted by Gasteiger charge is -2.12. The minimum atomic E-state index is -0.295. The maximum atomic E-state index is 11.6. The van der Waals surface area contributed by atoms with Crippen LogP contribution in [-0.4, -0.2) is 30.9 Å². The molecule has 0 unspecified atom stereocenters. The Balaban J connectivity index is 2.76. The molecule has 4 heteroatoms. The van der Waals surface area contributed by atoms with E-state index in [9.17, 15) is 4.79 Å². The van der Waals surface area contributed by atoms with Crippen LogP contribution in [-0.2, 0) is 4.79 Å². The van der Waals surface area contributed by atoms with Crippen molar-refractivity contribution in [2.45, 2.75) is 13.8 Å². The zero-order valence-corrected chi connectivity index (χ0v) is 11.2. The first-order valence-corrected chi connectivity index (χ1v) is 5.73. The second kappa shape index (κ2) is 6.00. The van der Waals surface area contributed by atoms with Crippen molar-refractivity contribution in [3.63, 3.8) is 0 Å². The summed E-state index contributed by atoms with van der Waals surface area (Å²) in [6.07, 6.45) is 3.23. The van der Waals surface area contributed by atoms with Gasteiger partial charge < -0.3 is 4.90 Å². The Labute approximate surface area is 108 Å². The second-order valence-corrected chi connectivity index (χ2v) is 4.37. The van der Waals surface area contributed by atoms with Gasteiger partial charge in [0.2, 0.25) is 0 Å². The summed E-state index contributed by atoms with van der Waals surface area (Å²) in [6.45, 7) is 4.01. The van der Waals surface area contributed by atoms with E-state index in [1.165, 1.54) is 11.0 Å². The highest BCUT2D eigenvalue weighted by Crippen LogP contribution is 2.14. The lowest BCUT2D eigenvalue weighted by Crippen LogP contribution is -2.38. The van der Waals surface area contributed by atoms with Crippen molar-refractivity contribution < 1.29 is 4.79 Å². The molecular weight excluding hydrogens is 226 g/mol. The first kappa shape index (κ1) is 14.0. The molecule has 4 nitrogen and oxygen atoms in total. The molecule has 0 aliphatic heterocycles. The SMILES string of the molecule is Cc1cccc(C)c1C=CC(=O)NC(=N)N(C)C. The summed E-state index contributed by atoms with van der Waals surface area (Å²) >= 11 is 0. The molecule has 1 aromatic carbocycles. The van der Waals surface area contributed by atoms with Crippen LogP contribution < -0.4 is 5.32 Å². The van der Waals surface area contributed by atoms with Crippen molar-refractivity contribution in [3.05, 3.63) is 41.0 Å². The van der Waals surface area contributed by atoms with Gasteiger partial charge in [-0.1, -0.05) is 18.2 Å². The summed E-state index contributed by atoms with van der Waals surface area (Å²) in [4.78, 5) is 13.1. The van der Waals surface area contributed by atoms with Crippen molar-refractivity contribution in [2.24, 2.45) is 0 Å². The highest BCUT2D eigenvalue weighted by Gasteiger charge is 2.03. The second-order valence-electron chi connectivity index (χ2n) is 4.37. The lowest BCUT2D eigenvalue weighted by atomic mass is 10.0. The topological polar surface area (TPSA) is 56.2 Å². The molecule has 1 aromatic rings. The number of hydrogen-bond donors (Lipinski definition) is 2. The fourth-order valence-electron chi connectivity index (χ4n) is 1.52. The van der Waals surface area contributed by atoms with Gasteiger partial charge in [0.25, 0.3) is 5.91 Å². The van der Waals surface area contributed by atoms with Crippen LogP contribution in [0.25, 0.3) is 6.08 Å². The third kappa shape index (κ3) is 3.73. The highest BCUT2D eigenvalue weighted by molar-refractivity contribution is 6.03. The summed E-state index contributed by atoms with van der Waals surface area (Å²) in [5.74, 6) is -0.220. The van der Waals surface area contributed by atoms with E-state index in [-0.39, 0.29) is 11.9 Å². The molecule has 0 aliphatic rings. The Kier molecular flexibility index (Phi) is 4.66. The Morgan fingerprint density at radius 3 is 2.33 bits per heavy atom. The quantitative estimate of drug-likeness (QED) is 0.475. The molecule has 0 spiro atoms. The largest absolute Gasteiger partial charge is 0.349 e. The molecular formula is C14H19N3O. The normalized spacial score (nSPS) is 10.4. The first-order valence-electron chi connectivity index (χ1n) is 5.73. The van der Waals surface area contributed by atoms with Crippen molar-refractivity contribution in [3.8, 4) is 0 Å². The summed E-state index contributed by atoms with van der Waals surface area (Å²) in [7, 11) is 3.41. The Hall–Kier alpha value is -2.10. The van der Waals surface area contributed by atoms with Crippen LogP contribution >= 0.6 is 0 Å². The predicted molar refractivity (Wildman–Crippen MR) is 74.5 cm³/mol. The van der Waals surface area contributed by atoms with Crippen LogP contribution in [0.15, 0.2) is 24.3 Å². The lowest BCUT2D eigenvalue weighted by molar-refractivity contribution is -0.115. The van der Waals surface area contributed by atoms with Crippen LogP contribution in [0, 0.1) is 19.3 Å². The number of carbonyl (C=O) groups is 1. The maximum absolute atomic E-state index is 11.6. The van der Waals surface area contributed by atoms with E-state index < -0.39 is 0 Å². The van der Waals surface area contributed by atoms with Crippen molar-refractivity contribution >= 4 is 17.9 Å². The van der Waals surface area contributed by atoms with E-state index >= 15 is 0 Å². The molecule has 0 aromatic heterocycles. The van der Waals surface area contributed by atoms with Crippen LogP contribution in [0.3, 0.4) is 0 Å². The van der Waals surface area contributed by atoms with Gasteiger partial charge in [-0.05, 0) is 36.6 Å². The minimum Gasteiger partial charge on any atom is -0.349 e. The molecule has 0 heterocycles. The smallest absolute Gasteiger partial charge is 0.250 e. The van der Waals surface area contributed by atoms with Gasteiger partial charge in [0, 0.05) is 20.2 Å². The van der Waals surface area contributed by atoms with E-state index in [0.29, 0.717) is 0 Å². The summed E-state index contributed by atoms with van der Waals surface area (Å²) in [5, 5.41) is 9.97. The van der Waals surface area contributed by atoms with Gasteiger partial charge in [-0.15, -0.1) is 0 Å². The van der Waals surface area contributed by atoms with Crippen LogP contribution in [0.2, 0.25) is 0 Å². The first-order chi connectivity index (χ1) is 8.41. The predicted octanol–water partition coefficient (Wildman–Crippen LogP) is 1.93. The molecule has 0 radical (unpaired) electrons. The van der Waals surface area contributed by atoms with Gasteiger partial charge in [-0.2, -0.15) is 0 Å². The minimum absolute atomic E-state index is 0.0751. The average molecular weight is 245 g/mol. The van der Waals surface area contributed by atoms with Gasteiger partial charge in [-0.25, -0.2) is 0 Å². The number of carbonyl (C=O) groups excluding carboxylic acids is 1. The Morgan fingerprint density at radius 2 is 1.83 bits per heavy atom. The monoisotopic (exact) mass is 245 g/mol. The fraction of sp³-hybridized carbons (Fsp3) is 0.286. The highest BCUT2D eigenvalue weighted by atomic mass is 16.1. The van der Waals surface area contributed by atoms with E-state index in [1.807, 2.05) is 32.0 Å².